The van der Waals surface area contributed by atoms with Crippen molar-refractivity contribution in [2.24, 2.45) is 5.14 Å². The van der Waals surface area contributed by atoms with Gasteiger partial charge in [-0.05, 0) is 54.3 Å². The molecule has 0 aliphatic carbocycles. The van der Waals surface area contributed by atoms with E-state index in [2.05, 4.69) is 4.74 Å². The van der Waals surface area contributed by atoms with Crippen molar-refractivity contribution in [3.05, 3.63) is 59.4 Å². The summed E-state index contributed by atoms with van der Waals surface area (Å²) in [5.41, 5.74) is 0.491. The van der Waals surface area contributed by atoms with Crippen molar-refractivity contribution in [3.63, 3.8) is 0 Å². The maximum absolute atomic E-state index is 13.4. The van der Waals surface area contributed by atoms with E-state index in [-0.39, 0.29) is 10.5 Å². The summed E-state index contributed by atoms with van der Waals surface area (Å²) >= 11 is 0. The van der Waals surface area contributed by atoms with Crippen LogP contribution >= 0.6 is 0 Å². The van der Waals surface area contributed by atoms with E-state index in [0.29, 0.717) is 25.0 Å². The Balaban J connectivity index is 2.18. The molecule has 152 valence electrons. The lowest BCUT2D eigenvalue weighted by atomic mass is 9.85. The normalized spacial score (nSPS) is 18.8. The molecule has 0 saturated carbocycles. The summed E-state index contributed by atoms with van der Waals surface area (Å²) in [5, 5.41) is 5.28. The van der Waals surface area contributed by atoms with Gasteiger partial charge in [0.05, 0.1) is 11.0 Å². The zero-order valence-corrected chi connectivity index (χ0v) is 15.3. The molecular weight excluding hydrogens is 402 g/mol. The van der Waals surface area contributed by atoms with Crippen LogP contribution in [0.2, 0.25) is 0 Å². The van der Waals surface area contributed by atoms with Gasteiger partial charge in [-0.15, -0.1) is 13.2 Å². The van der Waals surface area contributed by atoms with Crippen LogP contribution in [0.1, 0.15) is 29.9 Å². The number of hydrogen-bond donors (Lipinski definition) is 1. The number of halogens is 4. The highest BCUT2D eigenvalue weighted by Gasteiger charge is 2.35. The highest BCUT2D eigenvalue weighted by Crippen LogP contribution is 2.39. The van der Waals surface area contributed by atoms with Crippen LogP contribution in [0, 0.1) is 5.82 Å². The first-order valence-corrected chi connectivity index (χ1v) is 9.89. The maximum atomic E-state index is 13.4. The van der Waals surface area contributed by atoms with Crippen molar-refractivity contribution in [2.45, 2.75) is 36.1 Å². The van der Waals surface area contributed by atoms with Gasteiger partial charge in [0.25, 0.3) is 0 Å². The van der Waals surface area contributed by atoms with E-state index >= 15 is 0 Å². The summed E-state index contributed by atoms with van der Waals surface area (Å²) in [6, 6.07) is 8.08. The van der Waals surface area contributed by atoms with Crippen LogP contribution < -0.4 is 9.88 Å². The molecule has 2 atom stereocenters. The Morgan fingerprint density at radius 2 is 1.82 bits per heavy atom. The number of primary sulfonamides is 1. The second-order valence-electron chi connectivity index (χ2n) is 6.37. The molecule has 28 heavy (non-hydrogen) atoms. The lowest BCUT2D eigenvalue weighted by molar-refractivity contribution is -0.274. The Kier molecular flexibility index (Phi) is 5.64. The van der Waals surface area contributed by atoms with Crippen molar-refractivity contribution < 1.29 is 35.5 Å². The van der Waals surface area contributed by atoms with Crippen LogP contribution in [0.5, 0.6) is 5.75 Å². The molecule has 3 rings (SSSR count). The Morgan fingerprint density at radius 1 is 1.14 bits per heavy atom. The average molecular weight is 419 g/mol. The third-order valence-electron chi connectivity index (χ3n) is 4.42. The first-order valence-electron chi connectivity index (χ1n) is 8.34. The van der Waals surface area contributed by atoms with Gasteiger partial charge in [-0.1, -0.05) is 12.1 Å². The zero-order chi connectivity index (χ0) is 20.5. The first kappa shape index (κ1) is 20.6. The molecule has 1 heterocycles. The van der Waals surface area contributed by atoms with E-state index in [1.165, 1.54) is 24.3 Å². The fraction of sp³-hybridized carbons (Fsp3) is 0.333. The Labute approximate surface area is 159 Å². The number of hydrogen-bond acceptors (Lipinski definition) is 4. The van der Waals surface area contributed by atoms with Gasteiger partial charge < -0.3 is 9.47 Å². The molecule has 2 N–H and O–H groups in total. The Morgan fingerprint density at radius 3 is 2.36 bits per heavy atom. The number of rotatable bonds is 5. The van der Waals surface area contributed by atoms with Crippen LogP contribution in [0.4, 0.5) is 17.6 Å². The minimum absolute atomic E-state index is 0.00255. The molecule has 0 amide bonds. The van der Waals surface area contributed by atoms with E-state index in [9.17, 15) is 26.0 Å². The van der Waals surface area contributed by atoms with Gasteiger partial charge in [0, 0.05) is 12.5 Å². The van der Waals surface area contributed by atoms with Gasteiger partial charge in [-0.3, -0.25) is 0 Å². The number of nitrogens with two attached hydrogens (primary N) is 1. The SMILES string of the molecule is NS(=O)(=O)c1ccc(OC(F)(F)F)cc1C(c1ccc(F)cc1)C1CCCO1. The second-order valence-corrected chi connectivity index (χ2v) is 7.90. The molecule has 5 nitrogen and oxygen atoms in total. The van der Waals surface area contributed by atoms with Crippen molar-refractivity contribution in [1.82, 2.24) is 0 Å². The molecule has 0 aromatic heterocycles. The smallest absolute Gasteiger partial charge is 0.406 e. The monoisotopic (exact) mass is 419 g/mol. The van der Waals surface area contributed by atoms with Gasteiger partial charge in [0.2, 0.25) is 10.0 Å². The summed E-state index contributed by atoms with van der Waals surface area (Å²) in [6.45, 7) is 0.422. The van der Waals surface area contributed by atoms with Gasteiger partial charge in [-0.25, -0.2) is 17.9 Å². The van der Waals surface area contributed by atoms with E-state index < -0.39 is 40.0 Å². The fourth-order valence-corrected chi connectivity index (χ4v) is 4.13. The Bertz CT molecular complexity index is 939. The lowest BCUT2D eigenvalue weighted by Crippen LogP contribution is -2.24. The molecule has 1 aliphatic rings. The third-order valence-corrected chi connectivity index (χ3v) is 5.41. The first-order chi connectivity index (χ1) is 13.0. The predicted octanol–water partition coefficient (Wildman–Crippen LogP) is 3.68. The molecule has 1 fully saturated rings. The van der Waals surface area contributed by atoms with Crippen LogP contribution in [-0.2, 0) is 14.8 Å². The van der Waals surface area contributed by atoms with E-state index in [4.69, 9.17) is 9.88 Å². The molecule has 2 aromatic rings. The quantitative estimate of drug-likeness (QED) is 0.750. The minimum Gasteiger partial charge on any atom is -0.406 e. The van der Waals surface area contributed by atoms with Gasteiger partial charge in [-0.2, -0.15) is 0 Å². The van der Waals surface area contributed by atoms with Crippen molar-refractivity contribution >= 4 is 10.0 Å². The molecule has 2 unspecified atom stereocenters. The van der Waals surface area contributed by atoms with E-state index in [1.807, 2.05) is 0 Å². The van der Waals surface area contributed by atoms with Gasteiger partial charge in [0.15, 0.2) is 0 Å². The van der Waals surface area contributed by atoms with Crippen molar-refractivity contribution in [3.8, 4) is 5.75 Å². The zero-order valence-electron chi connectivity index (χ0n) is 14.4. The number of benzene rings is 2. The third kappa shape index (κ3) is 4.81. The van der Waals surface area contributed by atoms with Crippen LogP contribution in [0.3, 0.4) is 0 Å². The van der Waals surface area contributed by atoms with Gasteiger partial charge >= 0.3 is 6.36 Å². The molecule has 1 saturated heterocycles. The number of sulfonamides is 1. The molecule has 10 heteroatoms. The number of alkyl halides is 3. The van der Waals surface area contributed by atoms with E-state index in [1.54, 1.807) is 0 Å². The molecule has 0 spiro atoms. The maximum Gasteiger partial charge on any atom is 0.573 e. The molecule has 0 radical (unpaired) electrons. The summed E-state index contributed by atoms with van der Waals surface area (Å²) in [7, 11) is -4.25. The lowest BCUT2D eigenvalue weighted by Gasteiger charge is -2.26. The van der Waals surface area contributed by atoms with Crippen LogP contribution in [-0.4, -0.2) is 27.5 Å². The summed E-state index contributed by atoms with van der Waals surface area (Å²) in [5.74, 6) is -1.86. The fourth-order valence-electron chi connectivity index (χ4n) is 3.36. The standard InChI is InChI=1S/C18H17F4NO4S/c19-12-5-3-11(4-6-12)17(15-2-1-9-26-15)14-10-13(27-18(20,21)22)7-8-16(14)28(23,24)25/h3-8,10,15,17H,1-2,9H2,(H2,23,24,25). The van der Waals surface area contributed by atoms with Crippen LogP contribution in [0.25, 0.3) is 0 Å². The topological polar surface area (TPSA) is 78.6 Å². The average Bonchev–Trinajstić information content (AvgIpc) is 3.08. The van der Waals surface area contributed by atoms with E-state index in [0.717, 1.165) is 18.2 Å². The second kappa shape index (κ2) is 7.69. The predicted molar refractivity (Wildman–Crippen MR) is 91.7 cm³/mol. The Hall–Kier alpha value is -2.17. The number of ether oxygens (including phenoxy) is 2. The summed E-state index contributed by atoms with van der Waals surface area (Å²) in [6.07, 6.45) is -4.20. The molecule has 0 bridgehead atoms. The van der Waals surface area contributed by atoms with Gasteiger partial charge in [0.1, 0.15) is 11.6 Å². The highest BCUT2D eigenvalue weighted by molar-refractivity contribution is 7.89. The molecule has 2 aromatic carbocycles. The largest absolute Gasteiger partial charge is 0.573 e. The highest BCUT2D eigenvalue weighted by atomic mass is 32.2. The van der Waals surface area contributed by atoms with Crippen LogP contribution in [0.15, 0.2) is 47.4 Å². The minimum atomic E-state index is -4.95. The van der Waals surface area contributed by atoms with Crippen molar-refractivity contribution in [1.29, 1.82) is 0 Å². The summed E-state index contributed by atoms with van der Waals surface area (Å²) < 4.78 is 85.0. The van der Waals surface area contributed by atoms with Crippen molar-refractivity contribution in [2.75, 3.05) is 6.61 Å². The molecule has 1 aliphatic heterocycles. The summed E-state index contributed by atoms with van der Waals surface area (Å²) in [4.78, 5) is -0.341. The molecular formula is C18H17F4NO4S.